The molecule has 1 aromatic rings. The highest BCUT2D eigenvalue weighted by molar-refractivity contribution is 8.13. The summed E-state index contributed by atoms with van der Waals surface area (Å²) in [5, 5.41) is 0.0582. The van der Waals surface area contributed by atoms with Crippen LogP contribution in [-0.2, 0) is 14.3 Å². The number of thioether (sulfide) groups is 1. The number of rotatable bonds is 5. The predicted octanol–water partition coefficient (Wildman–Crippen LogP) is 3.55. The average molecular weight is 280 g/mol. The largest absolute Gasteiger partial charge is 0.353 e. The summed E-state index contributed by atoms with van der Waals surface area (Å²) in [5.41, 5.74) is 0.905. The zero-order valence-corrected chi connectivity index (χ0v) is 12.0. The first kappa shape index (κ1) is 14.6. The van der Waals surface area contributed by atoms with Gasteiger partial charge in [-0.15, -0.1) is 0 Å². The van der Waals surface area contributed by atoms with Gasteiger partial charge in [0.2, 0.25) is 5.12 Å². The molecule has 0 aromatic heterocycles. The number of carbonyl (C=O) groups excluding carboxylic acids is 1. The van der Waals surface area contributed by atoms with Gasteiger partial charge in [-0.1, -0.05) is 49.0 Å². The first-order valence-electron chi connectivity index (χ1n) is 6.80. The maximum Gasteiger partial charge on any atom is 0.222 e. The Kier molecular flexibility index (Phi) is 5.89. The molecular formula is C15H20O3S. The molecule has 1 aromatic carbocycles. The highest BCUT2D eigenvalue weighted by atomic mass is 32.2. The van der Waals surface area contributed by atoms with Crippen molar-refractivity contribution in [3.05, 3.63) is 35.9 Å². The van der Waals surface area contributed by atoms with E-state index in [4.69, 9.17) is 9.47 Å². The first-order valence-corrected chi connectivity index (χ1v) is 7.78. The molecule has 19 heavy (non-hydrogen) atoms. The van der Waals surface area contributed by atoms with Crippen LogP contribution < -0.4 is 0 Å². The summed E-state index contributed by atoms with van der Waals surface area (Å²) in [6.45, 7) is 2.70. The summed E-state index contributed by atoms with van der Waals surface area (Å²) in [6.07, 6.45) is 2.27. The van der Waals surface area contributed by atoms with Crippen LogP contribution in [0, 0.1) is 0 Å². The second-order valence-electron chi connectivity index (χ2n) is 4.47. The Morgan fingerprint density at radius 3 is 2.84 bits per heavy atom. The van der Waals surface area contributed by atoms with Crippen LogP contribution in [0.5, 0.6) is 0 Å². The van der Waals surface area contributed by atoms with E-state index in [0.29, 0.717) is 0 Å². The molecule has 0 spiro atoms. The van der Waals surface area contributed by atoms with Crippen LogP contribution in [0.25, 0.3) is 0 Å². The molecule has 2 rings (SSSR count). The molecule has 0 radical (unpaired) electrons. The van der Waals surface area contributed by atoms with Crippen LogP contribution in [0.4, 0.5) is 0 Å². The van der Waals surface area contributed by atoms with Gasteiger partial charge in [-0.05, 0) is 30.6 Å². The van der Waals surface area contributed by atoms with Crippen molar-refractivity contribution >= 4 is 16.9 Å². The molecule has 1 aliphatic heterocycles. The van der Waals surface area contributed by atoms with Gasteiger partial charge in [0, 0.05) is 6.61 Å². The zero-order chi connectivity index (χ0) is 13.5. The Hall–Kier alpha value is -0.840. The van der Waals surface area contributed by atoms with Crippen LogP contribution in [0.1, 0.15) is 37.9 Å². The van der Waals surface area contributed by atoms with Gasteiger partial charge in [0.05, 0.1) is 0 Å². The zero-order valence-electron chi connectivity index (χ0n) is 11.2. The van der Waals surface area contributed by atoms with Gasteiger partial charge < -0.3 is 9.47 Å². The van der Waals surface area contributed by atoms with Crippen molar-refractivity contribution in [3.8, 4) is 0 Å². The molecule has 4 heteroatoms. The Morgan fingerprint density at radius 1 is 1.42 bits per heavy atom. The van der Waals surface area contributed by atoms with Crippen LogP contribution in [0.3, 0.4) is 0 Å². The molecule has 0 saturated carbocycles. The quantitative estimate of drug-likeness (QED) is 0.826. The molecular weight excluding hydrogens is 260 g/mol. The van der Waals surface area contributed by atoms with E-state index in [1.165, 1.54) is 11.8 Å². The van der Waals surface area contributed by atoms with E-state index in [2.05, 4.69) is 0 Å². The lowest BCUT2D eigenvalue weighted by Gasteiger charge is -2.27. The minimum atomic E-state index is -0.519. The molecule has 0 N–H and O–H groups in total. The van der Waals surface area contributed by atoms with E-state index in [9.17, 15) is 4.79 Å². The number of ether oxygens (including phenoxy) is 2. The van der Waals surface area contributed by atoms with E-state index < -0.39 is 6.10 Å². The number of hydrogen-bond donors (Lipinski definition) is 0. The Balaban J connectivity index is 2.07. The average Bonchev–Trinajstić information content (AvgIpc) is 2.47. The van der Waals surface area contributed by atoms with Gasteiger partial charge >= 0.3 is 0 Å². The number of hydrogen-bond acceptors (Lipinski definition) is 4. The predicted molar refractivity (Wildman–Crippen MR) is 77.0 cm³/mol. The fraction of sp³-hybridized carbons (Fsp3) is 0.533. The SMILES string of the molecule is CCSC(=O)[C@@H](OC1CCCCO1)c1ccccc1. The Labute approximate surface area is 118 Å². The minimum absolute atomic E-state index is 0.0582. The second kappa shape index (κ2) is 7.68. The van der Waals surface area contributed by atoms with Gasteiger partial charge in [-0.3, -0.25) is 4.79 Å². The van der Waals surface area contributed by atoms with E-state index in [0.717, 1.165) is 37.2 Å². The third-order valence-electron chi connectivity index (χ3n) is 3.03. The van der Waals surface area contributed by atoms with E-state index in [1.54, 1.807) is 0 Å². The summed E-state index contributed by atoms with van der Waals surface area (Å²) in [6, 6.07) is 9.66. The lowest BCUT2D eigenvalue weighted by molar-refractivity contribution is -0.189. The van der Waals surface area contributed by atoms with Crippen LogP contribution in [0.2, 0.25) is 0 Å². The second-order valence-corrected chi connectivity index (χ2v) is 5.74. The Morgan fingerprint density at radius 2 is 2.21 bits per heavy atom. The standard InChI is InChI=1S/C15H20O3S/c1-2-19-15(16)14(12-8-4-3-5-9-12)18-13-10-6-7-11-17-13/h3-5,8-9,13-14H,2,6-7,10-11H2,1H3/t13?,14-/m0/s1. The fourth-order valence-electron chi connectivity index (χ4n) is 2.09. The summed E-state index contributed by atoms with van der Waals surface area (Å²) in [5.74, 6) is 0.761. The first-order chi connectivity index (χ1) is 9.31. The molecule has 2 atom stereocenters. The molecule has 1 saturated heterocycles. The van der Waals surface area contributed by atoms with Crippen molar-refractivity contribution in [2.75, 3.05) is 12.4 Å². The van der Waals surface area contributed by atoms with Crippen LogP contribution in [-0.4, -0.2) is 23.8 Å². The molecule has 0 bridgehead atoms. The normalized spacial score (nSPS) is 21.0. The molecule has 1 heterocycles. The highest BCUT2D eigenvalue weighted by Crippen LogP contribution is 2.28. The summed E-state index contributed by atoms with van der Waals surface area (Å²) in [7, 11) is 0. The van der Waals surface area contributed by atoms with Crippen molar-refractivity contribution in [2.45, 2.75) is 38.6 Å². The summed E-state index contributed by atoms with van der Waals surface area (Å²) in [4.78, 5) is 12.2. The summed E-state index contributed by atoms with van der Waals surface area (Å²) >= 11 is 1.30. The fourth-order valence-corrected chi connectivity index (χ4v) is 2.71. The Bertz CT molecular complexity index is 388. The monoisotopic (exact) mass is 280 g/mol. The molecule has 1 unspecified atom stereocenters. The van der Waals surface area contributed by atoms with Crippen LogP contribution in [0.15, 0.2) is 30.3 Å². The van der Waals surface area contributed by atoms with E-state index >= 15 is 0 Å². The molecule has 0 aliphatic carbocycles. The van der Waals surface area contributed by atoms with Crippen molar-refractivity contribution < 1.29 is 14.3 Å². The molecule has 104 valence electrons. The van der Waals surface area contributed by atoms with E-state index in [-0.39, 0.29) is 11.4 Å². The molecule has 1 aliphatic rings. The van der Waals surface area contributed by atoms with Gasteiger partial charge in [0.1, 0.15) is 0 Å². The van der Waals surface area contributed by atoms with Crippen molar-refractivity contribution in [1.82, 2.24) is 0 Å². The number of carbonyl (C=O) groups is 1. The topological polar surface area (TPSA) is 35.5 Å². The summed E-state index contributed by atoms with van der Waals surface area (Å²) < 4.78 is 11.5. The minimum Gasteiger partial charge on any atom is -0.353 e. The highest BCUT2D eigenvalue weighted by Gasteiger charge is 2.26. The van der Waals surface area contributed by atoms with Gasteiger partial charge in [0.25, 0.3) is 0 Å². The third-order valence-corrected chi connectivity index (χ3v) is 3.82. The van der Waals surface area contributed by atoms with Gasteiger partial charge in [0.15, 0.2) is 12.4 Å². The lowest BCUT2D eigenvalue weighted by atomic mass is 10.1. The maximum absolute atomic E-state index is 12.2. The smallest absolute Gasteiger partial charge is 0.222 e. The van der Waals surface area contributed by atoms with Crippen LogP contribution >= 0.6 is 11.8 Å². The van der Waals surface area contributed by atoms with E-state index in [1.807, 2.05) is 37.3 Å². The van der Waals surface area contributed by atoms with Crippen molar-refractivity contribution in [2.24, 2.45) is 0 Å². The maximum atomic E-state index is 12.2. The molecule has 3 nitrogen and oxygen atoms in total. The number of benzene rings is 1. The third kappa shape index (κ3) is 4.34. The molecule has 1 fully saturated rings. The van der Waals surface area contributed by atoms with Gasteiger partial charge in [-0.25, -0.2) is 0 Å². The van der Waals surface area contributed by atoms with Crippen molar-refractivity contribution in [1.29, 1.82) is 0 Å². The van der Waals surface area contributed by atoms with Gasteiger partial charge in [-0.2, -0.15) is 0 Å². The molecule has 0 amide bonds. The lowest BCUT2D eigenvalue weighted by Crippen LogP contribution is -2.27. The van der Waals surface area contributed by atoms with Crippen molar-refractivity contribution in [3.63, 3.8) is 0 Å².